The van der Waals surface area contributed by atoms with Crippen LogP contribution in [0.5, 0.6) is 0 Å². The lowest BCUT2D eigenvalue weighted by Gasteiger charge is -2.41. The highest BCUT2D eigenvalue weighted by molar-refractivity contribution is 6.33. The number of β-amino-alcohol motifs (C(OH)–C–C–N with tert-alkyl or cyclic N) is 1. The molecule has 3 fully saturated rings. The van der Waals surface area contributed by atoms with E-state index in [1.165, 1.54) is 12.8 Å². The Bertz CT molecular complexity index is 1190. The van der Waals surface area contributed by atoms with Crippen molar-refractivity contribution in [2.45, 2.75) is 49.8 Å². The maximum absolute atomic E-state index is 10.9. The predicted molar refractivity (Wildman–Crippen MR) is 144 cm³/mol. The molecule has 5 heterocycles. The molecule has 3 aromatic rings. The number of rotatable bonds is 6. The third-order valence-corrected chi connectivity index (χ3v) is 8.54. The molecule has 0 spiro atoms. The third-order valence-electron chi connectivity index (χ3n) is 8.27. The van der Waals surface area contributed by atoms with Crippen molar-refractivity contribution in [2.24, 2.45) is 0 Å². The van der Waals surface area contributed by atoms with Crippen LogP contribution < -0.4 is 10.6 Å². The van der Waals surface area contributed by atoms with E-state index in [0.717, 1.165) is 87.2 Å². The monoisotopic (exact) mass is 509 g/mol. The first-order valence-electron chi connectivity index (χ1n) is 13.3. The molecule has 0 aliphatic carbocycles. The number of nitrogens with zero attached hydrogens (tertiary/aromatic N) is 4. The molecule has 9 heteroatoms. The number of halogens is 1. The molecule has 6 rings (SSSR count). The smallest absolute Gasteiger partial charge is 0.223 e. The van der Waals surface area contributed by atoms with Gasteiger partial charge in [0.1, 0.15) is 0 Å². The van der Waals surface area contributed by atoms with Crippen LogP contribution in [-0.4, -0.2) is 93.4 Å². The zero-order valence-electron chi connectivity index (χ0n) is 20.7. The minimum atomic E-state index is -0.509. The van der Waals surface area contributed by atoms with Gasteiger partial charge in [-0.3, -0.25) is 4.90 Å². The lowest BCUT2D eigenvalue weighted by molar-refractivity contribution is -0.0296. The molecule has 0 saturated carbocycles. The summed E-state index contributed by atoms with van der Waals surface area (Å²) in [6, 6.07) is 9.13. The van der Waals surface area contributed by atoms with Crippen molar-refractivity contribution in [1.29, 1.82) is 0 Å². The van der Waals surface area contributed by atoms with Crippen LogP contribution in [0.2, 0.25) is 5.02 Å². The number of fused-ring (bicyclic) bond motifs is 1. The molecule has 4 N–H and O–H groups in total. The summed E-state index contributed by atoms with van der Waals surface area (Å²) in [4.78, 5) is 17.7. The van der Waals surface area contributed by atoms with Crippen LogP contribution in [0.25, 0.3) is 22.2 Å². The number of piperidine rings is 2. The number of aromatic nitrogens is 3. The van der Waals surface area contributed by atoms with Gasteiger partial charge in [-0.2, -0.15) is 0 Å². The second-order valence-electron chi connectivity index (χ2n) is 10.7. The number of hydrogen-bond acceptors (Lipinski definition) is 7. The normalized spacial score (nSPS) is 23.9. The fourth-order valence-electron chi connectivity index (χ4n) is 6.22. The van der Waals surface area contributed by atoms with Crippen LogP contribution in [-0.2, 0) is 0 Å². The van der Waals surface area contributed by atoms with Crippen molar-refractivity contribution in [3.05, 3.63) is 41.7 Å². The predicted octanol–water partition coefficient (Wildman–Crippen LogP) is 3.34. The molecule has 192 valence electrons. The molecule has 3 aliphatic heterocycles. The minimum Gasteiger partial charge on any atom is -0.388 e. The van der Waals surface area contributed by atoms with Crippen molar-refractivity contribution >= 4 is 28.5 Å². The molecule has 1 unspecified atom stereocenters. The zero-order valence-corrected chi connectivity index (χ0v) is 21.5. The molecule has 3 saturated heterocycles. The quantitative estimate of drug-likeness (QED) is 0.405. The van der Waals surface area contributed by atoms with Gasteiger partial charge in [-0.15, -0.1) is 0 Å². The van der Waals surface area contributed by atoms with E-state index in [2.05, 4.69) is 42.5 Å². The summed E-state index contributed by atoms with van der Waals surface area (Å²) in [5.74, 6) is 0.636. The summed E-state index contributed by atoms with van der Waals surface area (Å²) >= 11 is 6.51. The summed E-state index contributed by atoms with van der Waals surface area (Å²) in [6.07, 6.45) is 8.82. The SMILES string of the molecule is OC1(CN2CCC(N3CCC(Nc4ncc(Cl)c(-c5c[nH]c6ccccc56)n4)C3)CC2)CCNCC1. The van der Waals surface area contributed by atoms with Gasteiger partial charge < -0.3 is 25.6 Å². The highest BCUT2D eigenvalue weighted by atomic mass is 35.5. The van der Waals surface area contributed by atoms with E-state index in [4.69, 9.17) is 16.6 Å². The minimum absolute atomic E-state index is 0.329. The van der Waals surface area contributed by atoms with E-state index in [0.29, 0.717) is 23.1 Å². The molecule has 0 bridgehead atoms. The lowest BCUT2D eigenvalue weighted by Crippen LogP contribution is -2.53. The van der Waals surface area contributed by atoms with E-state index in [9.17, 15) is 5.11 Å². The van der Waals surface area contributed by atoms with Gasteiger partial charge in [-0.1, -0.05) is 29.8 Å². The second-order valence-corrected chi connectivity index (χ2v) is 11.2. The number of likely N-dealkylation sites (tertiary alicyclic amines) is 2. The lowest BCUT2D eigenvalue weighted by atomic mass is 9.91. The van der Waals surface area contributed by atoms with Gasteiger partial charge in [0.25, 0.3) is 0 Å². The maximum atomic E-state index is 10.9. The Morgan fingerprint density at radius 1 is 1.11 bits per heavy atom. The Balaban J connectivity index is 1.05. The van der Waals surface area contributed by atoms with Crippen LogP contribution in [0, 0.1) is 0 Å². The van der Waals surface area contributed by atoms with Gasteiger partial charge in [0.15, 0.2) is 0 Å². The summed E-state index contributed by atoms with van der Waals surface area (Å²) < 4.78 is 0. The molecule has 36 heavy (non-hydrogen) atoms. The van der Waals surface area contributed by atoms with Crippen molar-refractivity contribution < 1.29 is 5.11 Å². The number of aromatic amines is 1. The summed E-state index contributed by atoms with van der Waals surface area (Å²) in [7, 11) is 0. The van der Waals surface area contributed by atoms with Crippen LogP contribution in [0.1, 0.15) is 32.1 Å². The number of benzene rings is 1. The van der Waals surface area contributed by atoms with E-state index < -0.39 is 5.60 Å². The topological polar surface area (TPSA) is 92.3 Å². The Morgan fingerprint density at radius 2 is 1.92 bits per heavy atom. The number of nitrogens with one attached hydrogen (secondary N) is 3. The molecule has 1 atom stereocenters. The first kappa shape index (κ1) is 24.1. The second kappa shape index (κ2) is 10.3. The standard InChI is InChI=1S/C27H36ClN7O/c28-23-16-31-26(33-25(23)22-15-30-24-4-2-1-3-21(22)24)32-19-5-14-35(17-19)20-6-12-34(13-7-20)18-27(36)8-10-29-11-9-27/h1-4,15-16,19-20,29-30,36H,5-14,17-18H2,(H,31,32,33). The average Bonchev–Trinajstić information content (AvgIpc) is 3.53. The van der Waals surface area contributed by atoms with Gasteiger partial charge in [-0.05, 0) is 64.3 Å². The van der Waals surface area contributed by atoms with Crippen molar-refractivity contribution in [3.63, 3.8) is 0 Å². The van der Waals surface area contributed by atoms with E-state index >= 15 is 0 Å². The van der Waals surface area contributed by atoms with Crippen LogP contribution >= 0.6 is 11.6 Å². The first-order chi connectivity index (χ1) is 17.6. The maximum Gasteiger partial charge on any atom is 0.223 e. The Morgan fingerprint density at radius 3 is 2.75 bits per heavy atom. The number of H-pyrrole nitrogens is 1. The molecule has 8 nitrogen and oxygen atoms in total. The largest absolute Gasteiger partial charge is 0.388 e. The Kier molecular flexibility index (Phi) is 6.88. The highest BCUT2D eigenvalue weighted by Gasteiger charge is 2.35. The fourth-order valence-corrected chi connectivity index (χ4v) is 6.41. The van der Waals surface area contributed by atoms with E-state index in [1.807, 2.05) is 18.3 Å². The van der Waals surface area contributed by atoms with Crippen LogP contribution in [0.4, 0.5) is 5.95 Å². The summed E-state index contributed by atoms with van der Waals surface area (Å²) in [5.41, 5.74) is 2.31. The first-order valence-corrected chi connectivity index (χ1v) is 13.7. The summed E-state index contributed by atoms with van der Waals surface area (Å²) in [5, 5.41) is 19.5. The Hall–Kier alpha value is -2.23. The van der Waals surface area contributed by atoms with E-state index in [-0.39, 0.29) is 0 Å². The van der Waals surface area contributed by atoms with Crippen LogP contribution in [0.3, 0.4) is 0 Å². The van der Waals surface area contributed by atoms with Gasteiger partial charge in [0.05, 0.1) is 22.5 Å². The van der Waals surface area contributed by atoms with E-state index in [1.54, 1.807) is 6.20 Å². The summed E-state index contributed by atoms with van der Waals surface area (Å²) in [6.45, 7) is 6.92. The van der Waals surface area contributed by atoms with Crippen molar-refractivity contribution in [2.75, 3.05) is 51.1 Å². The highest BCUT2D eigenvalue weighted by Crippen LogP contribution is 2.33. The average molecular weight is 510 g/mol. The zero-order chi connectivity index (χ0) is 24.5. The molecule has 1 aromatic carbocycles. The molecule has 0 radical (unpaired) electrons. The van der Waals surface area contributed by atoms with Gasteiger partial charge in [-0.25, -0.2) is 9.97 Å². The Labute approximate surface area is 217 Å². The van der Waals surface area contributed by atoms with Gasteiger partial charge in [0.2, 0.25) is 5.95 Å². The van der Waals surface area contributed by atoms with Gasteiger partial charge in [0, 0.05) is 54.4 Å². The van der Waals surface area contributed by atoms with Crippen LogP contribution in [0.15, 0.2) is 36.7 Å². The molecule has 3 aliphatic rings. The number of para-hydroxylation sites is 1. The van der Waals surface area contributed by atoms with Gasteiger partial charge >= 0.3 is 0 Å². The van der Waals surface area contributed by atoms with Crippen molar-refractivity contribution in [1.82, 2.24) is 30.1 Å². The number of anilines is 1. The molecule has 2 aromatic heterocycles. The fraction of sp³-hybridized carbons (Fsp3) is 0.556. The molecule has 0 amide bonds. The number of aliphatic hydroxyl groups is 1. The number of hydrogen-bond donors (Lipinski definition) is 4. The third kappa shape index (κ3) is 5.10. The van der Waals surface area contributed by atoms with Crippen molar-refractivity contribution in [3.8, 4) is 11.3 Å². The molecular weight excluding hydrogens is 474 g/mol. The molecular formula is C27H36ClN7O.